The van der Waals surface area contributed by atoms with Crippen molar-refractivity contribution in [2.24, 2.45) is 53.3 Å². The zero-order chi connectivity index (χ0) is 35.6. The standard InChI is InChI=1S/C47H87NO2/c1-6-9-12-13-15-20-26-43(50-47(49)29-23-30-48(4)5)27-21-16-14-17-22-28-44(45-35-41(45)33-39-31-37(39)24-18-10-7-2)46-36-42(46)34-40-32-38(40)25-19-11-8-3/h37-46H,6-36H2,1-5H3. The lowest BCUT2D eigenvalue weighted by Gasteiger charge is -2.19. The number of hydrogen-bond donors (Lipinski definition) is 0. The Morgan fingerprint density at radius 2 is 1.00 bits per heavy atom. The Kier molecular flexibility index (Phi) is 20.2. The number of carbonyl (C=O) groups is 1. The van der Waals surface area contributed by atoms with E-state index < -0.39 is 0 Å². The predicted octanol–water partition coefficient (Wildman–Crippen LogP) is 13.8. The molecule has 0 spiro atoms. The van der Waals surface area contributed by atoms with Crippen molar-refractivity contribution >= 4 is 5.97 Å². The molecule has 4 aliphatic carbocycles. The number of unbranched alkanes of at least 4 members (excludes halogenated alkanes) is 13. The lowest BCUT2D eigenvalue weighted by Crippen LogP contribution is -2.20. The topological polar surface area (TPSA) is 29.5 Å². The number of esters is 1. The molecular formula is C47H87NO2. The van der Waals surface area contributed by atoms with Gasteiger partial charge in [-0.1, -0.05) is 130 Å². The lowest BCUT2D eigenvalue weighted by molar-refractivity contribution is -0.150. The van der Waals surface area contributed by atoms with Crippen LogP contribution in [0.4, 0.5) is 0 Å². The summed E-state index contributed by atoms with van der Waals surface area (Å²) in [4.78, 5) is 14.8. The van der Waals surface area contributed by atoms with E-state index in [1.807, 2.05) is 0 Å². The molecule has 4 rings (SSSR count). The van der Waals surface area contributed by atoms with E-state index in [1.54, 1.807) is 38.5 Å². The second-order valence-electron chi connectivity index (χ2n) is 18.9. The number of hydrogen-bond acceptors (Lipinski definition) is 3. The minimum Gasteiger partial charge on any atom is -0.462 e. The summed E-state index contributed by atoms with van der Waals surface area (Å²) in [6, 6.07) is 0. The number of nitrogens with zero attached hydrogens (tertiary/aromatic N) is 1. The first-order valence-corrected chi connectivity index (χ1v) is 23.3. The third kappa shape index (κ3) is 17.1. The van der Waals surface area contributed by atoms with E-state index in [4.69, 9.17) is 4.74 Å². The Bertz CT molecular complexity index is 846. The summed E-state index contributed by atoms with van der Waals surface area (Å²) < 4.78 is 6.07. The quantitative estimate of drug-likeness (QED) is 0.0495. The Balaban J connectivity index is 1.14. The Hall–Kier alpha value is -0.570. The van der Waals surface area contributed by atoms with Crippen molar-refractivity contribution in [2.45, 2.75) is 219 Å². The van der Waals surface area contributed by atoms with Crippen LogP contribution in [-0.2, 0) is 9.53 Å². The van der Waals surface area contributed by atoms with Crippen LogP contribution < -0.4 is 0 Å². The second kappa shape index (κ2) is 24.0. The highest BCUT2D eigenvalue weighted by Crippen LogP contribution is 2.63. The van der Waals surface area contributed by atoms with Crippen LogP contribution in [0.3, 0.4) is 0 Å². The third-order valence-corrected chi connectivity index (χ3v) is 14.0. The summed E-state index contributed by atoms with van der Waals surface area (Å²) in [6.45, 7) is 7.94. The molecule has 0 aromatic rings. The van der Waals surface area contributed by atoms with Crippen molar-refractivity contribution in [3.63, 3.8) is 0 Å². The van der Waals surface area contributed by atoms with Gasteiger partial charge in [-0.3, -0.25) is 4.79 Å². The van der Waals surface area contributed by atoms with E-state index in [9.17, 15) is 4.79 Å². The van der Waals surface area contributed by atoms with Crippen molar-refractivity contribution in [1.29, 1.82) is 0 Å². The first-order chi connectivity index (χ1) is 24.4. The minimum absolute atomic E-state index is 0.0352. The molecule has 50 heavy (non-hydrogen) atoms. The Morgan fingerprint density at radius 3 is 1.50 bits per heavy atom. The van der Waals surface area contributed by atoms with E-state index in [0.717, 1.165) is 79.1 Å². The molecule has 0 aromatic heterocycles. The molecule has 4 aliphatic rings. The summed E-state index contributed by atoms with van der Waals surface area (Å²) in [5.41, 5.74) is 0. The van der Waals surface area contributed by atoms with Gasteiger partial charge < -0.3 is 9.64 Å². The highest BCUT2D eigenvalue weighted by atomic mass is 16.5. The number of carbonyl (C=O) groups excluding carboxylic acids is 1. The lowest BCUT2D eigenvalue weighted by atomic mass is 9.87. The van der Waals surface area contributed by atoms with Gasteiger partial charge in [0, 0.05) is 6.42 Å². The third-order valence-electron chi connectivity index (χ3n) is 14.0. The largest absolute Gasteiger partial charge is 0.462 e. The molecule has 4 fully saturated rings. The van der Waals surface area contributed by atoms with Crippen LogP contribution in [0.15, 0.2) is 0 Å². The molecule has 292 valence electrons. The van der Waals surface area contributed by atoms with Gasteiger partial charge in [0.2, 0.25) is 0 Å². The van der Waals surface area contributed by atoms with Gasteiger partial charge in [0.1, 0.15) is 6.10 Å². The average molecular weight is 698 g/mol. The van der Waals surface area contributed by atoms with Gasteiger partial charge >= 0.3 is 5.97 Å². The molecule has 0 aromatic carbocycles. The van der Waals surface area contributed by atoms with Gasteiger partial charge in [-0.05, 0) is 151 Å². The summed E-state index contributed by atoms with van der Waals surface area (Å²) >= 11 is 0. The highest BCUT2D eigenvalue weighted by Gasteiger charge is 2.55. The van der Waals surface area contributed by atoms with E-state index in [1.165, 1.54) is 128 Å². The van der Waals surface area contributed by atoms with Crippen LogP contribution >= 0.6 is 0 Å². The zero-order valence-electron chi connectivity index (χ0n) is 34.5. The summed E-state index contributed by atoms with van der Waals surface area (Å²) in [5.74, 6) is 9.90. The Morgan fingerprint density at radius 1 is 0.540 bits per heavy atom. The smallest absolute Gasteiger partial charge is 0.306 e. The fraction of sp³-hybridized carbons (Fsp3) is 0.979. The predicted molar refractivity (Wildman–Crippen MR) is 215 cm³/mol. The highest BCUT2D eigenvalue weighted by molar-refractivity contribution is 5.69. The molecule has 4 saturated carbocycles. The summed E-state index contributed by atoms with van der Waals surface area (Å²) in [7, 11) is 4.16. The maximum atomic E-state index is 12.6. The van der Waals surface area contributed by atoms with Crippen LogP contribution in [0.2, 0.25) is 0 Å². The second-order valence-corrected chi connectivity index (χ2v) is 18.9. The molecule has 0 bridgehead atoms. The maximum absolute atomic E-state index is 12.6. The first-order valence-electron chi connectivity index (χ1n) is 23.3. The van der Waals surface area contributed by atoms with Gasteiger partial charge in [-0.25, -0.2) is 0 Å². The molecule has 3 heteroatoms. The van der Waals surface area contributed by atoms with E-state index in [-0.39, 0.29) is 12.1 Å². The van der Waals surface area contributed by atoms with Crippen molar-refractivity contribution in [1.82, 2.24) is 4.90 Å². The zero-order valence-corrected chi connectivity index (χ0v) is 34.5. The fourth-order valence-corrected chi connectivity index (χ4v) is 10.4. The molecule has 0 aliphatic heterocycles. The number of rotatable bonds is 34. The molecule has 3 nitrogen and oxygen atoms in total. The monoisotopic (exact) mass is 698 g/mol. The van der Waals surface area contributed by atoms with Crippen molar-refractivity contribution in [2.75, 3.05) is 20.6 Å². The van der Waals surface area contributed by atoms with Gasteiger partial charge in [0.15, 0.2) is 0 Å². The fourth-order valence-electron chi connectivity index (χ4n) is 10.4. The molecule has 0 radical (unpaired) electrons. The average Bonchev–Trinajstić information content (AvgIpc) is 3.90. The molecule has 0 N–H and O–H groups in total. The van der Waals surface area contributed by atoms with Gasteiger partial charge in [0.05, 0.1) is 0 Å². The van der Waals surface area contributed by atoms with Crippen LogP contribution in [-0.4, -0.2) is 37.6 Å². The molecule has 0 saturated heterocycles. The molecule has 9 atom stereocenters. The normalized spacial score (nSPS) is 29.2. The number of ether oxygens (including phenoxy) is 1. The minimum atomic E-state index is 0.0352. The molecule has 0 heterocycles. The van der Waals surface area contributed by atoms with E-state index in [0.29, 0.717) is 6.42 Å². The summed E-state index contributed by atoms with van der Waals surface area (Å²) in [6.07, 6.45) is 41.1. The molecule has 0 amide bonds. The Labute approximate surface area is 313 Å². The van der Waals surface area contributed by atoms with Crippen molar-refractivity contribution in [3.8, 4) is 0 Å². The van der Waals surface area contributed by atoms with Gasteiger partial charge in [-0.2, -0.15) is 0 Å². The first kappa shape index (κ1) is 42.2. The van der Waals surface area contributed by atoms with E-state index >= 15 is 0 Å². The van der Waals surface area contributed by atoms with Crippen LogP contribution in [0.5, 0.6) is 0 Å². The van der Waals surface area contributed by atoms with Crippen LogP contribution in [0.25, 0.3) is 0 Å². The van der Waals surface area contributed by atoms with Crippen molar-refractivity contribution in [3.05, 3.63) is 0 Å². The van der Waals surface area contributed by atoms with E-state index in [2.05, 4.69) is 39.8 Å². The maximum Gasteiger partial charge on any atom is 0.306 e. The molecule has 9 unspecified atom stereocenters. The van der Waals surface area contributed by atoms with Crippen LogP contribution in [0.1, 0.15) is 213 Å². The van der Waals surface area contributed by atoms with Crippen molar-refractivity contribution < 1.29 is 9.53 Å². The SMILES string of the molecule is CCCCCCCCC(CCCCCCCC(C1CC1CC1CC1CCCCC)C1CC1CC1CC1CCCCC)OC(=O)CCCN(C)C. The molecular weight excluding hydrogens is 611 g/mol. The van der Waals surface area contributed by atoms with Crippen LogP contribution in [0, 0.1) is 53.3 Å². The van der Waals surface area contributed by atoms with Gasteiger partial charge in [0.25, 0.3) is 0 Å². The van der Waals surface area contributed by atoms with Gasteiger partial charge in [-0.15, -0.1) is 0 Å². The summed E-state index contributed by atoms with van der Waals surface area (Å²) in [5, 5.41) is 0.